The molecule has 0 spiro atoms. The Morgan fingerprint density at radius 2 is 1.74 bits per heavy atom. The highest BCUT2D eigenvalue weighted by Gasteiger charge is 2.23. The highest BCUT2D eigenvalue weighted by Crippen LogP contribution is 2.12. The molecule has 0 saturated carbocycles. The molecule has 1 aromatic rings. The molecule has 0 radical (unpaired) electrons. The van der Waals surface area contributed by atoms with Crippen LogP contribution >= 0.6 is 0 Å². The number of rotatable bonds is 7. The molecule has 1 unspecified atom stereocenters. The van der Waals surface area contributed by atoms with Gasteiger partial charge in [0.15, 0.2) is 0 Å². The molecule has 0 heterocycles. The number of hydrogen-bond acceptors (Lipinski definition) is 4. The predicted octanol–water partition coefficient (Wildman–Crippen LogP) is 2.35. The van der Waals surface area contributed by atoms with Gasteiger partial charge >= 0.3 is 5.97 Å². The molecule has 0 fully saturated rings. The van der Waals surface area contributed by atoms with Crippen molar-refractivity contribution >= 4 is 23.5 Å². The third-order valence-electron chi connectivity index (χ3n) is 3.13. The third kappa shape index (κ3) is 6.10. The Hall–Kier alpha value is -2.37. The number of esters is 1. The highest BCUT2D eigenvalue weighted by atomic mass is 16.5. The molecule has 0 aromatic heterocycles. The van der Waals surface area contributed by atoms with Crippen LogP contribution in [0, 0.1) is 5.92 Å². The molecule has 1 atom stereocenters. The van der Waals surface area contributed by atoms with Gasteiger partial charge in [-0.05, 0) is 36.6 Å². The van der Waals surface area contributed by atoms with E-state index in [0.717, 1.165) is 6.42 Å². The summed E-state index contributed by atoms with van der Waals surface area (Å²) in [5.41, 5.74) is 0.983. The smallest absolute Gasteiger partial charge is 0.338 e. The maximum absolute atomic E-state index is 12.2. The maximum atomic E-state index is 12.2. The zero-order valence-corrected chi connectivity index (χ0v) is 14.0. The molecule has 1 rings (SSSR count). The van der Waals surface area contributed by atoms with Gasteiger partial charge in [0.1, 0.15) is 6.04 Å². The van der Waals surface area contributed by atoms with E-state index in [4.69, 9.17) is 4.74 Å². The number of ether oxygens (including phenoxy) is 1. The fourth-order valence-corrected chi connectivity index (χ4v) is 1.94. The van der Waals surface area contributed by atoms with Crippen molar-refractivity contribution in [3.63, 3.8) is 0 Å². The van der Waals surface area contributed by atoms with Gasteiger partial charge in [-0.1, -0.05) is 20.8 Å². The summed E-state index contributed by atoms with van der Waals surface area (Å²) in [5.74, 6) is -0.977. The second-order valence-electron chi connectivity index (χ2n) is 5.62. The average Bonchev–Trinajstić information content (AvgIpc) is 2.50. The first kappa shape index (κ1) is 18.7. The predicted molar refractivity (Wildman–Crippen MR) is 88.1 cm³/mol. The Kier molecular flexibility index (Phi) is 7.25. The Bertz CT molecular complexity index is 552. The fourth-order valence-electron chi connectivity index (χ4n) is 1.94. The van der Waals surface area contributed by atoms with E-state index in [-0.39, 0.29) is 23.7 Å². The van der Waals surface area contributed by atoms with Gasteiger partial charge < -0.3 is 15.4 Å². The van der Waals surface area contributed by atoms with Crippen LogP contribution in [-0.2, 0) is 14.3 Å². The summed E-state index contributed by atoms with van der Waals surface area (Å²) in [6.07, 6.45) is 0.764. The van der Waals surface area contributed by atoms with Crippen molar-refractivity contribution in [2.45, 2.75) is 40.2 Å². The molecule has 6 nitrogen and oxygen atoms in total. The molecule has 2 N–H and O–H groups in total. The standard InChI is InChI=1S/C17H24N2O4/c1-5-10-23-17(22)13-6-8-14(9-7-13)19-16(21)15(11(2)3)18-12(4)20/h6-9,11,15H,5,10H2,1-4H3,(H,18,20)(H,19,21). The van der Waals surface area contributed by atoms with E-state index in [1.54, 1.807) is 24.3 Å². The molecular formula is C17H24N2O4. The first-order valence-corrected chi connectivity index (χ1v) is 7.70. The van der Waals surface area contributed by atoms with Gasteiger partial charge in [0.05, 0.1) is 12.2 Å². The van der Waals surface area contributed by atoms with Crippen LogP contribution in [0.25, 0.3) is 0 Å². The summed E-state index contributed by atoms with van der Waals surface area (Å²) in [6, 6.07) is 5.84. The Balaban J connectivity index is 2.71. The van der Waals surface area contributed by atoms with Gasteiger partial charge in [-0.25, -0.2) is 4.79 Å². The second-order valence-corrected chi connectivity index (χ2v) is 5.62. The lowest BCUT2D eigenvalue weighted by Gasteiger charge is -2.21. The zero-order chi connectivity index (χ0) is 17.4. The van der Waals surface area contributed by atoms with E-state index in [0.29, 0.717) is 17.9 Å². The molecule has 2 amide bonds. The summed E-state index contributed by atoms with van der Waals surface area (Å²) < 4.78 is 5.04. The van der Waals surface area contributed by atoms with Gasteiger partial charge in [-0.3, -0.25) is 9.59 Å². The number of carbonyl (C=O) groups excluding carboxylic acids is 3. The monoisotopic (exact) mass is 320 g/mol. The lowest BCUT2D eigenvalue weighted by atomic mass is 10.0. The van der Waals surface area contributed by atoms with Gasteiger partial charge in [0.2, 0.25) is 11.8 Å². The SMILES string of the molecule is CCCOC(=O)c1ccc(NC(=O)C(NC(C)=O)C(C)C)cc1. The van der Waals surface area contributed by atoms with Gasteiger partial charge in [0, 0.05) is 12.6 Å². The fraction of sp³-hybridized carbons (Fsp3) is 0.471. The molecule has 0 bridgehead atoms. The van der Waals surface area contributed by atoms with Crippen LogP contribution in [0.15, 0.2) is 24.3 Å². The van der Waals surface area contributed by atoms with Crippen molar-refractivity contribution in [3.05, 3.63) is 29.8 Å². The third-order valence-corrected chi connectivity index (χ3v) is 3.13. The molecule has 23 heavy (non-hydrogen) atoms. The number of amides is 2. The molecule has 0 aliphatic carbocycles. The van der Waals surface area contributed by atoms with Gasteiger partial charge in [0.25, 0.3) is 0 Å². The molecule has 6 heteroatoms. The van der Waals surface area contributed by atoms with Crippen molar-refractivity contribution in [3.8, 4) is 0 Å². The van der Waals surface area contributed by atoms with Crippen LogP contribution in [-0.4, -0.2) is 30.4 Å². The minimum absolute atomic E-state index is 0.0396. The number of anilines is 1. The van der Waals surface area contributed by atoms with Crippen molar-refractivity contribution in [1.82, 2.24) is 5.32 Å². The van der Waals surface area contributed by atoms with E-state index < -0.39 is 6.04 Å². The lowest BCUT2D eigenvalue weighted by molar-refractivity contribution is -0.126. The molecule has 0 aliphatic rings. The molecular weight excluding hydrogens is 296 g/mol. The molecule has 0 aliphatic heterocycles. The van der Waals surface area contributed by atoms with Crippen LogP contribution in [0.2, 0.25) is 0 Å². The normalized spacial score (nSPS) is 11.7. The number of nitrogens with one attached hydrogen (secondary N) is 2. The van der Waals surface area contributed by atoms with Crippen LogP contribution in [0.1, 0.15) is 44.5 Å². The van der Waals surface area contributed by atoms with Gasteiger partial charge in [-0.2, -0.15) is 0 Å². The first-order valence-electron chi connectivity index (χ1n) is 7.70. The topological polar surface area (TPSA) is 84.5 Å². The van der Waals surface area contributed by atoms with Crippen molar-refractivity contribution in [2.75, 3.05) is 11.9 Å². The Morgan fingerprint density at radius 1 is 1.13 bits per heavy atom. The molecule has 1 aromatic carbocycles. The number of carbonyl (C=O) groups is 3. The highest BCUT2D eigenvalue weighted by molar-refractivity contribution is 5.97. The average molecular weight is 320 g/mol. The summed E-state index contributed by atoms with van der Waals surface area (Å²) >= 11 is 0. The molecule has 0 saturated heterocycles. The summed E-state index contributed by atoms with van der Waals surface area (Å²) in [4.78, 5) is 35.1. The van der Waals surface area contributed by atoms with Crippen LogP contribution < -0.4 is 10.6 Å². The summed E-state index contributed by atoms with van der Waals surface area (Å²) in [6.45, 7) is 7.38. The minimum Gasteiger partial charge on any atom is -0.462 e. The van der Waals surface area contributed by atoms with Crippen LogP contribution in [0.3, 0.4) is 0 Å². The van der Waals surface area contributed by atoms with Gasteiger partial charge in [-0.15, -0.1) is 0 Å². The summed E-state index contributed by atoms with van der Waals surface area (Å²) in [7, 11) is 0. The lowest BCUT2D eigenvalue weighted by Crippen LogP contribution is -2.46. The van der Waals surface area contributed by atoms with E-state index in [1.807, 2.05) is 20.8 Å². The summed E-state index contributed by atoms with van der Waals surface area (Å²) in [5, 5.41) is 5.36. The Labute approximate surface area is 136 Å². The quantitative estimate of drug-likeness (QED) is 0.755. The van der Waals surface area contributed by atoms with Crippen molar-refractivity contribution in [1.29, 1.82) is 0 Å². The van der Waals surface area contributed by atoms with E-state index >= 15 is 0 Å². The number of hydrogen-bond donors (Lipinski definition) is 2. The number of benzene rings is 1. The van der Waals surface area contributed by atoms with E-state index in [1.165, 1.54) is 6.92 Å². The first-order chi connectivity index (χ1) is 10.8. The molecule has 126 valence electrons. The van der Waals surface area contributed by atoms with Crippen LogP contribution in [0.4, 0.5) is 5.69 Å². The zero-order valence-electron chi connectivity index (χ0n) is 14.0. The minimum atomic E-state index is -0.610. The second kappa shape index (κ2) is 8.92. The largest absolute Gasteiger partial charge is 0.462 e. The maximum Gasteiger partial charge on any atom is 0.338 e. The van der Waals surface area contributed by atoms with Crippen molar-refractivity contribution < 1.29 is 19.1 Å². The van der Waals surface area contributed by atoms with E-state index in [2.05, 4.69) is 10.6 Å². The van der Waals surface area contributed by atoms with Crippen LogP contribution in [0.5, 0.6) is 0 Å². The Morgan fingerprint density at radius 3 is 2.22 bits per heavy atom. The van der Waals surface area contributed by atoms with E-state index in [9.17, 15) is 14.4 Å². The van der Waals surface area contributed by atoms with Crippen molar-refractivity contribution in [2.24, 2.45) is 5.92 Å².